The minimum Gasteiger partial charge on any atom is -0.478 e. The fourth-order valence-electron chi connectivity index (χ4n) is 3.10. The monoisotopic (exact) mass is 482 g/mol. The number of aromatic carboxylic acids is 2. The minimum atomic E-state index is -1.09. The van der Waals surface area contributed by atoms with Crippen molar-refractivity contribution >= 4 is 23.5 Å². The van der Waals surface area contributed by atoms with Gasteiger partial charge in [0.1, 0.15) is 11.6 Å². The van der Waals surface area contributed by atoms with Gasteiger partial charge in [-0.2, -0.15) is 24.3 Å². The molecule has 7 heteroatoms. The third kappa shape index (κ3) is 6.01. The van der Waals surface area contributed by atoms with Crippen molar-refractivity contribution in [3.05, 3.63) is 130 Å². The van der Waals surface area contributed by atoms with E-state index < -0.39 is 11.9 Å². The summed E-state index contributed by atoms with van der Waals surface area (Å²) in [6, 6.07) is 26.1. The second-order valence-corrected chi connectivity index (χ2v) is 6.71. The molecule has 0 aliphatic rings. The summed E-state index contributed by atoms with van der Waals surface area (Å²) in [6.45, 7) is 0. The van der Waals surface area contributed by atoms with E-state index in [1.165, 1.54) is 24.3 Å². The second kappa shape index (κ2) is 11.5. The quantitative estimate of drug-likeness (QED) is 0.235. The molecule has 0 aliphatic carbocycles. The average Bonchev–Trinajstić information content (AvgIpc) is 3.53. The Labute approximate surface area is 200 Å². The maximum Gasteiger partial charge on any atom is 2.00 e. The average molecular weight is 482 g/mol. The van der Waals surface area contributed by atoms with Crippen LogP contribution in [-0.2, 0) is 17.1 Å². The summed E-state index contributed by atoms with van der Waals surface area (Å²) < 4.78 is 0. The molecule has 0 unspecified atom stereocenters. The van der Waals surface area contributed by atoms with E-state index in [4.69, 9.17) is 10.2 Å². The SMILES string of the molecule is O=C(O)c1ccccc1C(=O)[c-]1cccc1.O=C(O)c1ccccc1C(=O)[c-]1cccc1.[Fe+2]. The summed E-state index contributed by atoms with van der Waals surface area (Å²) in [7, 11) is 0. The Hall–Kier alpha value is -4.06. The van der Waals surface area contributed by atoms with E-state index in [0.717, 1.165) is 0 Å². The van der Waals surface area contributed by atoms with Gasteiger partial charge in [0.25, 0.3) is 0 Å². The molecule has 0 saturated carbocycles. The maximum absolute atomic E-state index is 12.0. The van der Waals surface area contributed by atoms with Crippen molar-refractivity contribution in [3.63, 3.8) is 0 Å². The predicted octanol–water partition coefficient (Wildman–Crippen LogP) is 4.67. The Bertz CT molecular complexity index is 1150. The maximum atomic E-state index is 12.0. The van der Waals surface area contributed by atoms with E-state index in [1.807, 2.05) is 0 Å². The van der Waals surface area contributed by atoms with Crippen LogP contribution in [-0.4, -0.2) is 33.7 Å². The van der Waals surface area contributed by atoms with Gasteiger partial charge in [-0.1, -0.05) is 59.7 Å². The Balaban J connectivity index is 0.000000227. The van der Waals surface area contributed by atoms with Crippen molar-refractivity contribution < 1.29 is 46.5 Å². The summed E-state index contributed by atoms with van der Waals surface area (Å²) in [5.41, 5.74) is 1.53. The number of carbonyl (C=O) groups excluding carboxylic acids is 2. The van der Waals surface area contributed by atoms with E-state index in [-0.39, 0.29) is 50.9 Å². The van der Waals surface area contributed by atoms with Crippen molar-refractivity contribution in [2.24, 2.45) is 0 Å². The first kappa shape index (κ1) is 25.2. The predicted molar refractivity (Wildman–Crippen MR) is 118 cm³/mol. The van der Waals surface area contributed by atoms with E-state index in [9.17, 15) is 19.2 Å². The van der Waals surface area contributed by atoms with Gasteiger partial charge < -0.3 is 19.8 Å². The van der Waals surface area contributed by atoms with Gasteiger partial charge in [0.15, 0.2) is 0 Å². The molecule has 2 N–H and O–H groups in total. The molecule has 166 valence electrons. The molecule has 0 amide bonds. The zero-order valence-electron chi connectivity index (χ0n) is 17.1. The van der Waals surface area contributed by atoms with Crippen molar-refractivity contribution in [1.82, 2.24) is 0 Å². The van der Waals surface area contributed by atoms with Gasteiger partial charge in [0.2, 0.25) is 0 Å². The van der Waals surface area contributed by atoms with Crippen LogP contribution in [0.2, 0.25) is 0 Å². The number of hydrogen-bond donors (Lipinski definition) is 2. The van der Waals surface area contributed by atoms with Crippen LogP contribution in [0, 0.1) is 0 Å². The number of carbonyl (C=O) groups is 4. The smallest absolute Gasteiger partial charge is 0.478 e. The van der Waals surface area contributed by atoms with Crippen molar-refractivity contribution in [1.29, 1.82) is 0 Å². The fraction of sp³-hybridized carbons (Fsp3) is 0. The van der Waals surface area contributed by atoms with Crippen LogP contribution >= 0.6 is 0 Å². The fourth-order valence-corrected chi connectivity index (χ4v) is 3.10. The number of carboxylic acid groups (broad SMARTS) is 2. The van der Waals surface area contributed by atoms with Crippen LogP contribution in [0.25, 0.3) is 0 Å². The van der Waals surface area contributed by atoms with E-state index in [0.29, 0.717) is 11.1 Å². The van der Waals surface area contributed by atoms with Gasteiger partial charge >= 0.3 is 29.0 Å². The number of carboxylic acids is 2. The first-order valence-electron chi connectivity index (χ1n) is 9.57. The van der Waals surface area contributed by atoms with Crippen LogP contribution in [0.15, 0.2) is 97.1 Å². The van der Waals surface area contributed by atoms with Crippen molar-refractivity contribution in [2.75, 3.05) is 0 Å². The molecule has 0 atom stereocenters. The molecule has 0 radical (unpaired) electrons. The van der Waals surface area contributed by atoms with Gasteiger partial charge in [-0.05, 0) is 11.1 Å². The third-order valence-corrected chi connectivity index (χ3v) is 4.65. The van der Waals surface area contributed by atoms with E-state index in [2.05, 4.69) is 0 Å². The molecule has 6 nitrogen and oxygen atoms in total. The Kier molecular flexibility index (Phi) is 8.80. The van der Waals surface area contributed by atoms with Crippen molar-refractivity contribution in [2.45, 2.75) is 0 Å². The van der Waals surface area contributed by atoms with Crippen LogP contribution in [0.1, 0.15) is 52.6 Å². The molecule has 0 fully saturated rings. The molecule has 0 heterocycles. The molecule has 0 saturated heterocycles. The second-order valence-electron chi connectivity index (χ2n) is 6.71. The summed E-state index contributed by atoms with van der Waals surface area (Å²) in [4.78, 5) is 45.8. The number of rotatable bonds is 6. The Morgan fingerprint density at radius 1 is 0.485 bits per heavy atom. The molecule has 33 heavy (non-hydrogen) atoms. The van der Waals surface area contributed by atoms with Crippen molar-refractivity contribution in [3.8, 4) is 0 Å². The third-order valence-electron chi connectivity index (χ3n) is 4.65. The first-order chi connectivity index (χ1) is 15.4. The van der Waals surface area contributed by atoms with Gasteiger partial charge in [0.05, 0.1) is 0 Å². The number of hydrogen-bond acceptors (Lipinski definition) is 4. The summed E-state index contributed by atoms with van der Waals surface area (Å²) >= 11 is 0. The normalized spacial score (nSPS) is 9.70. The molecule has 4 aromatic carbocycles. The summed E-state index contributed by atoms with van der Waals surface area (Å²) in [5.74, 6) is -2.70. The largest absolute Gasteiger partial charge is 2.00 e. The molecular weight excluding hydrogens is 464 g/mol. The molecule has 0 bridgehead atoms. The Morgan fingerprint density at radius 3 is 1.03 bits per heavy atom. The topological polar surface area (TPSA) is 109 Å². The number of benzene rings is 2. The number of ketones is 2. The van der Waals surface area contributed by atoms with Gasteiger partial charge in [-0.3, -0.25) is 0 Å². The van der Waals surface area contributed by atoms with Crippen LogP contribution in [0.4, 0.5) is 0 Å². The zero-order chi connectivity index (χ0) is 23.1. The van der Waals surface area contributed by atoms with Crippen LogP contribution < -0.4 is 0 Å². The molecular formula is C26H18FeO6. The molecule has 0 spiro atoms. The van der Waals surface area contributed by atoms with Gasteiger partial charge in [-0.15, -0.1) is 24.3 Å². The zero-order valence-corrected chi connectivity index (χ0v) is 18.2. The minimum absolute atomic E-state index is 0. The summed E-state index contributed by atoms with van der Waals surface area (Å²) in [6.07, 6.45) is 0. The van der Waals surface area contributed by atoms with Crippen LogP contribution in [0.3, 0.4) is 0 Å². The molecule has 4 aromatic rings. The van der Waals surface area contributed by atoms with Gasteiger partial charge in [-0.25, -0.2) is 9.59 Å². The standard InChI is InChI=1S/2C13H9O3.Fe/c2*14-12(9-5-1-2-6-9)10-7-3-4-8-11(10)13(15)16;/h2*1-8H,(H,15,16);/q2*-1;+2. The molecule has 0 aromatic heterocycles. The van der Waals surface area contributed by atoms with E-state index in [1.54, 1.807) is 72.8 Å². The Morgan fingerprint density at radius 2 is 0.758 bits per heavy atom. The van der Waals surface area contributed by atoms with E-state index >= 15 is 0 Å². The van der Waals surface area contributed by atoms with Gasteiger partial charge in [0, 0.05) is 11.1 Å². The van der Waals surface area contributed by atoms with Crippen LogP contribution in [0.5, 0.6) is 0 Å². The molecule has 0 aliphatic heterocycles. The first-order valence-corrected chi connectivity index (χ1v) is 9.57. The summed E-state index contributed by atoms with van der Waals surface area (Å²) in [5, 5.41) is 17.9. The molecule has 4 rings (SSSR count).